The van der Waals surface area contributed by atoms with E-state index < -0.39 is 0 Å². The van der Waals surface area contributed by atoms with Crippen molar-refractivity contribution in [1.82, 2.24) is 15.0 Å². The summed E-state index contributed by atoms with van der Waals surface area (Å²) in [6.07, 6.45) is 0. The van der Waals surface area contributed by atoms with Crippen LogP contribution in [0.1, 0.15) is 0 Å². The molecule has 0 saturated carbocycles. The average molecular weight is 728 g/mol. The molecule has 0 saturated heterocycles. The monoisotopic (exact) mass is 727 g/mol. The van der Waals surface area contributed by atoms with E-state index >= 15 is 0 Å². The molecule has 0 aliphatic carbocycles. The molecule has 0 fully saturated rings. The summed E-state index contributed by atoms with van der Waals surface area (Å²) in [7, 11) is 0. The van der Waals surface area contributed by atoms with Crippen molar-refractivity contribution in [3.8, 4) is 67.5 Å². The number of rotatable bonds is 6. The van der Waals surface area contributed by atoms with Gasteiger partial charge in [0, 0.05) is 38.4 Å². The Morgan fingerprint density at radius 2 is 0.772 bits per heavy atom. The van der Waals surface area contributed by atoms with Gasteiger partial charge in [0.05, 0.1) is 0 Å². The first kappa shape index (κ1) is 32.7. The lowest BCUT2D eigenvalue weighted by molar-refractivity contribution is 0.674. The zero-order valence-electron chi connectivity index (χ0n) is 30.8. The highest BCUT2D eigenvalue weighted by Gasteiger charge is 2.20. The number of furan rings is 1. The van der Waals surface area contributed by atoms with Gasteiger partial charge in [-0.05, 0) is 86.4 Å². The summed E-state index contributed by atoms with van der Waals surface area (Å²) >= 11 is 0. The Bertz CT molecular complexity index is 3220. The maximum absolute atomic E-state index is 6.83. The van der Waals surface area contributed by atoms with Crippen LogP contribution in [0.5, 0.6) is 0 Å². The highest BCUT2D eigenvalue weighted by atomic mass is 16.3. The molecule has 9 aromatic carbocycles. The van der Waals surface area contributed by atoms with Gasteiger partial charge in [0.25, 0.3) is 0 Å². The van der Waals surface area contributed by atoms with Gasteiger partial charge < -0.3 is 4.42 Å². The second kappa shape index (κ2) is 13.6. The van der Waals surface area contributed by atoms with Crippen LogP contribution in [0.25, 0.3) is 111 Å². The molecule has 0 atom stereocenters. The van der Waals surface area contributed by atoms with Crippen LogP contribution in [0.3, 0.4) is 0 Å². The number of fused-ring (bicyclic) bond motifs is 6. The van der Waals surface area contributed by atoms with Crippen molar-refractivity contribution in [2.24, 2.45) is 0 Å². The van der Waals surface area contributed by atoms with E-state index in [1.54, 1.807) is 0 Å². The van der Waals surface area contributed by atoms with Gasteiger partial charge >= 0.3 is 0 Å². The molecular formula is C53H33N3O. The number of nitrogens with zero attached hydrogens (tertiary/aromatic N) is 3. The Kier molecular flexibility index (Phi) is 7.78. The Balaban J connectivity index is 1.19. The topological polar surface area (TPSA) is 51.8 Å². The van der Waals surface area contributed by atoms with Crippen LogP contribution in [0.15, 0.2) is 205 Å². The van der Waals surface area contributed by atoms with E-state index in [9.17, 15) is 0 Å². The van der Waals surface area contributed by atoms with E-state index in [4.69, 9.17) is 19.4 Å². The minimum Gasteiger partial charge on any atom is -0.455 e. The van der Waals surface area contributed by atoms with Gasteiger partial charge in [-0.1, -0.05) is 158 Å². The van der Waals surface area contributed by atoms with Crippen molar-refractivity contribution < 1.29 is 4.42 Å². The van der Waals surface area contributed by atoms with Gasteiger partial charge in [-0.2, -0.15) is 0 Å². The van der Waals surface area contributed by atoms with Crippen molar-refractivity contribution >= 4 is 43.5 Å². The maximum Gasteiger partial charge on any atom is 0.164 e. The number of aromatic nitrogens is 3. The predicted octanol–water partition coefficient (Wildman–Crippen LogP) is 14.1. The molecule has 4 nitrogen and oxygen atoms in total. The quantitative estimate of drug-likeness (QED) is 0.171. The third-order valence-corrected chi connectivity index (χ3v) is 10.9. The molecule has 0 radical (unpaired) electrons. The van der Waals surface area contributed by atoms with Crippen LogP contribution in [-0.2, 0) is 0 Å². The van der Waals surface area contributed by atoms with E-state index in [2.05, 4.69) is 182 Å². The largest absolute Gasteiger partial charge is 0.455 e. The van der Waals surface area contributed by atoms with Crippen molar-refractivity contribution in [2.45, 2.75) is 0 Å². The first-order chi connectivity index (χ1) is 28.2. The fourth-order valence-electron chi connectivity index (χ4n) is 8.01. The summed E-state index contributed by atoms with van der Waals surface area (Å²) in [6, 6.07) is 69.9. The zero-order valence-corrected chi connectivity index (χ0v) is 30.8. The second-order valence-corrected chi connectivity index (χ2v) is 14.4. The minimum absolute atomic E-state index is 0.587. The molecule has 2 aromatic heterocycles. The summed E-state index contributed by atoms with van der Waals surface area (Å²) in [5.41, 5.74) is 10.9. The molecule has 0 spiro atoms. The summed E-state index contributed by atoms with van der Waals surface area (Å²) in [5, 5.41) is 6.58. The summed E-state index contributed by atoms with van der Waals surface area (Å²) in [4.78, 5) is 15.9. The van der Waals surface area contributed by atoms with Crippen LogP contribution >= 0.6 is 0 Å². The average Bonchev–Trinajstić information content (AvgIpc) is 3.68. The third kappa shape index (κ3) is 5.92. The van der Waals surface area contributed by atoms with E-state index in [0.29, 0.717) is 17.5 Å². The van der Waals surface area contributed by atoms with Gasteiger partial charge in [0.2, 0.25) is 0 Å². The predicted molar refractivity (Wildman–Crippen MR) is 235 cm³/mol. The molecule has 0 unspecified atom stereocenters. The molecule has 4 heteroatoms. The number of benzene rings is 9. The molecule has 0 amide bonds. The summed E-state index contributed by atoms with van der Waals surface area (Å²) in [5.74, 6) is 1.79. The van der Waals surface area contributed by atoms with Crippen molar-refractivity contribution in [2.75, 3.05) is 0 Å². The molecule has 11 rings (SSSR count). The fraction of sp³-hybridized carbons (Fsp3) is 0. The van der Waals surface area contributed by atoms with Crippen LogP contribution in [0.2, 0.25) is 0 Å². The van der Waals surface area contributed by atoms with Gasteiger partial charge in [-0.15, -0.1) is 0 Å². The zero-order chi connectivity index (χ0) is 37.7. The second-order valence-electron chi connectivity index (χ2n) is 14.4. The minimum atomic E-state index is 0.587. The normalized spacial score (nSPS) is 11.5. The Labute approximate surface area is 329 Å². The molecule has 266 valence electrons. The van der Waals surface area contributed by atoms with Gasteiger partial charge in [0.15, 0.2) is 17.5 Å². The Morgan fingerprint density at radius 3 is 1.44 bits per heavy atom. The van der Waals surface area contributed by atoms with E-state index in [-0.39, 0.29) is 0 Å². The lowest BCUT2D eigenvalue weighted by Crippen LogP contribution is -2.01. The lowest BCUT2D eigenvalue weighted by Gasteiger charge is -2.13. The summed E-state index contributed by atoms with van der Waals surface area (Å²) in [6.45, 7) is 0. The standard InChI is InChI=1S/C53H33N3O/c1-4-14-34(15-5-1)41-29-42(35-16-6-2-7-17-35)31-43(30-41)52-54-51(40-25-24-36-18-10-11-22-39(36)28-40)55-53(56-52)44-32-47(37-19-8-3-9-20-37)50-48(33-44)46-27-26-38-21-12-13-23-45(38)49(46)57-50/h1-33H. The Morgan fingerprint density at radius 1 is 0.263 bits per heavy atom. The highest BCUT2D eigenvalue weighted by Crippen LogP contribution is 2.42. The van der Waals surface area contributed by atoms with Crippen LogP contribution in [-0.4, -0.2) is 15.0 Å². The molecule has 11 aromatic rings. The number of hydrogen-bond acceptors (Lipinski definition) is 4. The van der Waals surface area contributed by atoms with E-state index in [1.165, 1.54) is 0 Å². The lowest BCUT2D eigenvalue weighted by atomic mass is 9.95. The van der Waals surface area contributed by atoms with Crippen LogP contribution in [0.4, 0.5) is 0 Å². The molecule has 0 bridgehead atoms. The molecule has 0 aliphatic heterocycles. The molecule has 2 heterocycles. The molecule has 0 aliphatic rings. The molecular weight excluding hydrogens is 695 g/mol. The fourth-order valence-corrected chi connectivity index (χ4v) is 8.01. The van der Waals surface area contributed by atoms with Crippen molar-refractivity contribution in [3.05, 3.63) is 200 Å². The number of hydrogen-bond donors (Lipinski definition) is 0. The first-order valence-corrected chi connectivity index (χ1v) is 19.2. The van der Waals surface area contributed by atoms with Gasteiger partial charge in [-0.25, -0.2) is 15.0 Å². The van der Waals surface area contributed by atoms with E-state index in [1.807, 2.05) is 18.2 Å². The van der Waals surface area contributed by atoms with Crippen LogP contribution in [0, 0.1) is 0 Å². The molecule has 57 heavy (non-hydrogen) atoms. The van der Waals surface area contributed by atoms with Crippen molar-refractivity contribution in [1.29, 1.82) is 0 Å². The third-order valence-electron chi connectivity index (χ3n) is 10.9. The van der Waals surface area contributed by atoms with Crippen molar-refractivity contribution in [3.63, 3.8) is 0 Å². The molecule has 0 N–H and O–H groups in total. The van der Waals surface area contributed by atoms with Crippen LogP contribution < -0.4 is 0 Å². The van der Waals surface area contributed by atoms with E-state index in [0.717, 1.165) is 93.6 Å². The Hall–Kier alpha value is -7.69. The van der Waals surface area contributed by atoms with Gasteiger partial charge in [0.1, 0.15) is 11.2 Å². The first-order valence-electron chi connectivity index (χ1n) is 19.2. The van der Waals surface area contributed by atoms with Gasteiger partial charge in [-0.3, -0.25) is 0 Å². The highest BCUT2D eigenvalue weighted by molar-refractivity contribution is 6.18. The SMILES string of the molecule is c1ccc(-c2cc(-c3ccccc3)cc(-c3nc(-c4ccc5ccccc5c4)nc(-c4cc(-c5ccccc5)c5oc6c7ccccc7ccc6c5c4)n3)c2)cc1. The smallest absolute Gasteiger partial charge is 0.164 e. The maximum atomic E-state index is 6.83. The summed E-state index contributed by atoms with van der Waals surface area (Å²) < 4.78 is 6.83.